The molecule has 22 heavy (non-hydrogen) atoms. The number of hydrogen-bond donors (Lipinski definition) is 1. The largest absolute Gasteiger partial charge is 0.326 e. The van der Waals surface area contributed by atoms with E-state index in [9.17, 15) is 9.59 Å². The topological polar surface area (TPSA) is 49.4 Å². The molecule has 4 heteroatoms. The highest BCUT2D eigenvalue weighted by molar-refractivity contribution is 5.97. The minimum absolute atomic E-state index is 0.0667. The number of nitrogens with zero attached hydrogens (tertiary/aromatic N) is 1. The lowest BCUT2D eigenvalue weighted by atomic mass is 9.98. The normalized spacial score (nSPS) is 15.9. The molecule has 0 aliphatic carbocycles. The Morgan fingerprint density at radius 1 is 1.36 bits per heavy atom. The van der Waals surface area contributed by atoms with Gasteiger partial charge in [0, 0.05) is 30.3 Å². The molecule has 0 saturated carbocycles. The number of carbonyl (C=O) groups is 2. The fraction of sp³-hybridized carbons (Fsp3) is 0.556. The van der Waals surface area contributed by atoms with Crippen LogP contribution < -0.4 is 10.2 Å². The van der Waals surface area contributed by atoms with Gasteiger partial charge < -0.3 is 10.2 Å². The van der Waals surface area contributed by atoms with Gasteiger partial charge in [-0.25, -0.2) is 0 Å². The average molecular weight is 302 g/mol. The van der Waals surface area contributed by atoms with Gasteiger partial charge in [-0.3, -0.25) is 9.59 Å². The zero-order valence-corrected chi connectivity index (χ0v) is 13.6. The second kappa shape index (κ2) is 7.97. The SMILES string of the molecule is CCCCC(CC)C(=O)Nc1cccc(N2CCCC2=O)c1. The van der Waals surface area contributed by atoms with Gasteiger partial charge in [0.25, 0.3) is 0 Å². The molecule has 4 nitrogen and oxygen atoms in total. The smallest absolute Gasteiger partial charge is 0.227 e. The van der Waals surface area contributed by atoms with E-state index in [2.05, 4.69) is 19.2 Å². The number of amides is 2. The Balaban J connectivity index is 2.03. The van der Waals surface area contributed by atoms with Crippen LogP contribution in [0, 0.1) is 5.92 Å². The van der Waals surface area contributed by atoms with Gasteiger partial charge in [0.15, 0.2) is 0 Å². The molecule has 1 aliphatic rings. The maximum absolute atomic E-state index is 12.4. The van der Waals surface area contributed by atoms with Crippen molar-refractivity contribution in [3.63, 3.8) is 0 Å². The van der Waals surface area contributed by atoms with Crippen molar-refractivity contribution in [3.8, 4) is 0 Å². The second-order valence-electron chi connectivity index (χ2n) is 5.94. The highest BCUT2D eigenvalue weighted by Gasteiger charge is 2.22. The fourth-order valence-corrected chi connectivity index (χ4v) is 2.89. The molecule has 1 aromatic rings. The molecule has 1 unspecified atom stereocenters. The molecule has 0 radical (unpaired) electrons. The Morgan fingerprint density at radius 3 is 2.82 bits per heavy atom. The predicted molar refractivity (Wildman–Crippen MR) is 90.0 cm³/mol. The van der Waals surface area contributed by atoms with Crippen molar-refractivity contribution in [1.29, 1.82) is 0 Å². The summed E-state index contributed by atoms with van der Waals surface area (Å²) in [5.41, 5.74) is 1.65. The third kappa shape index (κ3) is 4.09. The summed E-state index contributed by atoms with van der Waals surface area (Å²) in [5.74, 6) is 0.315. The minimum atomic E-state index is 0.0667. The van der Waals surface area contributed by atoms with E-state index in [1.165, 1.54) is 0 Å². The third-order valence-electron chi connectivity index (χ3n) is 4.27. The van der Waals surface area contributed by atoms with Crippen LogP contribution in [0.2, 0.25) is 0 Å². The molecule has 120 valence electrons. The first-order chi connectivity index (χ1) is 10.7. The Kier molecular flexibility index (Phi) is 5.99. The maximum Gasteiger partial charge on any atom is 0.227 e. The summed E-state index contributed by atoms with van der Waals surface area (Å²) in [7, 11) is 0. The fourth-order valence-electron chi connectivity index (χ4n) is 2.89. The van der Waals surface area contributed by atoms with Gasteiger partial charge in [0.05, 0.1) is 0 Å². The van der Waals surface area contributed by atoms with E-state index in [4.69, 9.17) is 0 Å². The highest BCUT2D eigenvalue weighted by Crippen LogP contribution is 2.25. The Hall–Kier alpha value is -1.84. The second-order valence-corrected chi connectivity index (χ2v) is 5.94. The summed E-state index contributed by atoms with van der Waals surface area (Å²) < 4.78 is 0. The molecule has 0 bridgehead atoms. The molecule has 2 rings (SSSR count). The first kappa shape index (κ1) is 16.5. The van der Waals surface area contributed by atoms with Crippen molar-refractivity contribution in [2.75, 3.05) is 16.8 Å². The molecule has 1 saturated heterocycles. The van der Waals surface area contributed by atoms with E-state index in [0.29, 0.717) is 6.42 Å². The zero-order valence-electron chi connectivity index (χ0n) is 13.6. The van der Waals surface area contributed by atoms with E-state index >= 15 is 0 Å². The molecule has 0 spiro atoms. The number of hydrogen-bond acceptors (Lipinski definition) is 2. The average Bonchev–Trinajstić information content (AvgIpc) is 2.94. The maximum atomic E-state index is 12.4. The van der Waals surface area contributed by atoms with Crippen LogP contribution in [0.3, 0.4) is 0 Å². The van der Waals surface area contributed by atoms with Gasteiger partial charge in [0.2, 0.25) is 11.8 Å². The van der Waals surface area contributed by atoms with Crippen molar-refractivity contribution < 1.29 is 9.59 Å². The van der Waals surface area contributed by atoms with Crippen LogP contribution in [0.15, 0.2) is 24.3 Å². The van der Waals surface area contributed by atoms with E-state index in [1.807, 2.05) is 24.3 Å². The molecule has 1 aliphatic heterocycles. The van der Waals surface area contributed by atoms with Gasteiger partial charge in [-0.2, -0.15) is 0 Å². The Labute approximate surface area is 132 Å². The lowest BCUT2D eigenvalue weighted by Crippen LogP contribution is -2.25. The van der Waals surface area contributed by atoms with Gasteiger partial charge in [-0.05, 0) is 37.5 Å². The molecular formula is C18H26N2O2. The van der Waals surface area contributed by atoms with Gasteiger partial charge in [-0.15, -0.1) is 0 Å². The summed E-state index contributed by atoms with van der Waals surface area (Å²) in [6.07, 6.45) is 5.50. The van der Waals surface area contributed by atoms with Crippen molar-refractivity contribution in [3.05, 3.63) is 24.3 Å². The van der Waals surface area contributed by atoms with Crippen LogP contribution in [-0.4, -0.2) is 18.4 Å². The van der Waals surface area contributed by atoms with Gasteiger partial charge >= 0.3 is 0 Å². The Morgan fingerprint density at radius 2 is 2.18 bits per heavy atom. The van der Waals surface area contributed by atoms with Crippen LogP contribution in [0.1, 0.15) is 52.4 Å². The van der Waals surface area contributed by atoms with Crippen LogP contribution in [-0.2, 0) is 9.59 Å². The monoisotopic (exact) mass is 302 g/mol. The summed E-state index contributed by atoms with van der Waals surface area (Å²) >= 11 is 0. The molecule has 1 atom stereocenters. The number of nitrogens with one attached hydrogen (secondary N) is 1. The van der Waals surface area contributed by atoms with Crippen LogP contribution in [0.5, 0.6) is 0 Å². The van der Waals surface area contributed by atoms with E-state index in [0.717, 1.165) is 50.0 Å². The summed E-state index contributed by atoms with van der Waals surface area (Å²) in [4.78, 5) is 26.0. The molecule has 2 amide bonds. The summed E-state index contributed by atoms with van der Waals surface area (Å²) in [6.45, 7) is 4.96. The molecule has 1 heterocycles. The van der Waals surface area contributed by atoms with Crippen molar-refractivity contribution in [1.82, 2.24) is 0 Å². The van der Waals surface area contributed by atoms with Crippen LogP contribution >= 0.6 is 0 Å². The van der Waals surface area contributed by atoms with E-state index in [-0.39, 0.29) is 17.7 Å². The first-order valence-electron chi connectivity index (χ1n) is 8.37. The summed E-state index contributed by atoms with van der Waals surface area (Å²) in [6, 6.07) is 7.60. The Bertz CT molecular complexity index is 528. The summed E-state index contributed by atoms with van der Waals surface area (Å²) in [5, 5.41) is 3.00. The molecular weight excluding hydrogens is 276 g/mol. The third-order valence-corrected chi connectivity index (χ3v) is 4.27. The molecule has 0 aromatic heterocycles. The molecule has 1 N–H and O–H groups in total. The lowest BCUT2D eigenvalue weighted by molar-refractivity contribution is -0.120. The van der Waals surface area contributed by atoms with Gasteiger partial charge in [0.1, 0.15) is 0 Å². The van der Waals surface area contributed by atoms with Gasteiger partial charge in [-0.1, -0.05) is 32.8 Å². The van der Waals surface area contributed by atoms with E-state index in [1.54, 1.807) is 4.90 Å². The standard InChI is InChI=1S/C18H26N2O2/c1-3-5-8-14(4-2)18(22)19-15-9-6-10-16(13-15)20-12-7-11-17(20)21/h6,9-10,13-14H,3-5,7-8,11-12H2,1-2H3,(H,19,22). The van der Waals surface area contributed by atoms with Crippen molar-refractivity contribution in [2.24, 2.45) is 5.92 Å². The molecule has 1 fully saturated rings. The number of unbranched alkanes of at least 4 members (excludes halogenated alkanes) is 1. The number of carbonyl (C=O) groups excluding carboxylic acids is 2. The lowest BCUT2D eigenvalue weighted by Gasteiger charge is -2.18. The van der Waals surface area contributed by atoms with Crippen LogP contribution in [0.25, 0.3) is 0 Å². The highest BCUT2D eigenvalue weighted by atomic mass is 16.2. The number of rotatable bonds is 7. The molecule has 1 aromatic carbocycles. The predicted octanol–water partition coefficient (Wildman–Crippen LogP) is 3.97. The number of anilines is 2. The zero-order chi connectivity index (χ0) is 15.9. The van der Waals surface area contributed by atoms with E-state index < -0.39 is 0 Å². The minimum Gasteiger partial charge on any atom is -0.326 e. The van der Waals surface area contributed by atoms with Crippen molar-refractivity contribution >= 4 is 23.2 Å². The van der Waals surface area contributed by atoms with Crippen molar-refractivity contribution in [2.45, 2.75) is 52.4 Å². The van der Waals surface area contributed by atoms with Crippen LogP contribution in [0.4, 0.5) is 11.4 Å². The number of benzene rings is 1. The first-order valence-corrected chi connectivity index (χ1v) is 8.37. The quantitative estimate of drug-likeness (QED) is 0.828.